The molecule has 1 unspecified atom stereocenters. The van der Waals surface area contributed by atoms with Gasteiger partial charge in [0, 0.05) is 4.90 Å². The summed E-state index contributed by atoms with van der Waals surface area (Å²) in [5, 5.41) is 12.7. The fourth-order valence-corrected chi connectivity index (χ4v) is 2.52. The first-order valence-corrected chi connectivity index (χ1v) is 6.10. The van der Waals surface area contributed by atoms with Gasteiger partial charge in [0.1, 0.15) is 0 Å². The predicted molar refractivity (Wildman–Crippen MR) is 65.6 cm³/mol. The van der Waals surface area contributed by atoms with Gasteiger partial charge in [-0.1, -0.05) is 6.07 Å². The average Bonchev–Trinajstić information content (AvgIpc) is 2.17. The van der Waals surface area contributed by atoms with E-state index in [1.165, 1.54) is 0 Å². The highest BCUT2D eigenvalue weighted by molar-refractivity contribution is 8.00. The molecule has 16 heavy (non-hydrogen) atoms. The average molecular weight is 237 g/mol. The number of fused-ring (bicyclic) bond motifs is 1. The first-order valence-electron chi connectivity index (χ1n) is 5.22. The van der Waals surface area contributed by atoms with Crippen LogP contribution < -0.4 is 5.32 Å². The molecule has 4 heteroatoms. The summed E-state index contributed by atoms with van der Waals surface area (Å²) >= 11 is 1.55. The van der Waals surface area contributed by atoms with E-state index in [-0.39, 0.29) is 11.2 Å². The molecule has 0 fully saturated rings. The molecule has 0 aromatic heterocycles. The van der Waals surface area contributed by atoms with Gasteiger partial charge in [-0.25, -0.2) is 0 Å². The zero-order chi connectivity index (χ0) is 11.9. The van der Waals surface area contributed by atoms with Crippen molar-refractivity contribution in [2.24, 2.45) is 0 Å². The third-order valence-corrected chi connectivity index (χ3v) is 3.79. The molecule has 0 spiro atoms. The Bertz CT molecular complexity index is 437. The van der Waals surface area contributed by atoms with Crippen molar-refractivity contribution in [2.75, 3.05) is 5.32 Å². The van der Waals surface area contributed by atoms with Gasteiger partial charge in [-0.05, 0) is 38.5 Å². The molecule has 3 nitrogen and oxygen atoms in total. The van der Waals surface area contributed by atoms with Crippen molar-refractivity contribution >= 4 is 23.4 Å². The molecule has 0 aliphatic carbocycles. The van der Waals surface area contributed by atoms with Gasteiger partial charge in [0.15, 0.2) is 0 Å². The van der Waals surface area contributed by atoms with E-state index in [0.717, 1.165) is 16.1 Å². The lowest BCUT2D eigenvalue weighted by molar-refractivity contribution is -0.115. The maximum atomic E-state index is 11.5. The molecule has 0 radical (unpaired) electrons. The minimum absolute atomic E-state index is 0.0189. The molecular weight excluding hydrogens is 222 g/mol. The van der Waals surface area contributed by atoms with Crippen LogP contribution >= 0.6 is 11.8 Å². The minimum atomic E-state index is -0.881. The molecular formula is C12H15NO2S. The van der Waals surface area contributed by atoms with Crippen LogP contribution in [0.15, 0.2) is 23.1 Å². The maximum Gasteiger partial charge on any atom is 0.237 e. The Morgan fingerprint density at radius 2 is 2.12 bits per heavy atom. The highest BCUT2D eigenvalue weighted by Gasteiger charge is 2.25. The SMILES string of the molecule is CC1Sc2ccc(C(C)(C)O)cc2NC1=O. The lowest BCUT2D eigenvalue weighted by Crippen LogP contribution is -2.27. The molecule has 1 heterocycles. The van der Waals surface area contributed by atoms with Gasteiger partial charge in [0.05, 0.1) is 16.5 Å². The lowest BCUT2D eigenvalue weighted by atomic mass is 9.98. The van der Waals surface area contributed by atoms with E-state index in [2.05, 4.69) is 5.32 Å². The van der Waals surface area contributed by atoms with E-state index >= 15 is 0 Å². The van der Waals surface area contributed by atoms with Crippen molar-refractivity contribution < 1.29 is 9.90 Å². The molecule has 86 valence electrons. The van der Waals surface area contributed by atoms with Crippen molar-refractivity contribution in [2.45, 2.75) is 36.5 Å². The molecule has 0 saturated carbocycles. The third kappa shape index (κ3) is 2.08. The number of nitrogens with one attached hydrogen (secondary N) is 1. The van der Waals surface area contributed by atoms with Crippen LogP contribution in [0.1, 0.15) is 26.3 Å². The largest absolute Gasteiger partial charge is 0.386 e. The van der Waals surface area contributed by atoms with Gasteiger partial charge in [-0.15, -0.1) is 11.8 Å². The summed E-state index contributed by atoms with van der Waals surface area (Å²) in [5.41, 5.74) is 0.724. The van der Waals surface area contributed by atoms with E-state index < -0.39 is 5.60 Å². The van der Waals surface area contributed by atoms with Gasteiger partial charge in [0.2, 0.25) is 5.91 Å². The van der Waals surface area contributed by atoms with E-state index in [1.807, 2.05) is 25.1 Å². The van der Waals surface area contributed by atoms with Crippen LogP contribution in [0.4, 0.5) is 5.69 Å². The fraction of sp³-hybridized carbons (Fsp3) is 0.417. The normalized spacial score (nSPS) is 20.2. The molecule has 1 amide bonds. The topological polar surface area (TPSA) is 49.3 Å². The van der Waals surface area contributed by atoms with Crippen molar-refractivity contribution in [1.82, 2.24) is 0 Å². The molecule has 1 aliphatic rings. The van der Waals surface area contributed by atoms with Crippen LogP contribution in [-0.4, -0.2) is 16.3 Å². The Morgan fingerprint density at radius 1 is 1.44 bits per heavy atom. The Labute approximate surface area is 99.2 Å². The quantitative estimate of drug-likeness (QED) is 0.788. The summed E-state index contributed by atoms with van der Waals surface area (Å²) in [5.74, 6) is 0.0189. The molecule has 0 bridgehead atoms. The number of amides is 1. The summed E-state index contributed by atoms with van der Waals surface area (Å²) in [4.78, 5) is 12.6. The van der Waals surface area contributed by atoms with Crippen LogP contribution in [0.3, 0.4) is 0 Å². The number of aliphatic hydroxyl groups is 1. The zero-order valence-electron chi connectivity index (χ0n) is 9.57. The second-order valence-corrected chi connectivity index (χ2v) is 5.90. The smallest absolute Gasteiger partial charge is 0.237 e. The number of carbonyl (C=O) groups is 1. The van der Waals surface area contributed by atoms with Crippen LogP contribution in [0.5, 0.6) is 0 Å². The molecule has 1 aromatic carbocycles. The number of thioether (sulfide) groups is 1. The fourth-order valence-electron chi connectivity index (χ4n) is 1.59. The Hall–Kier alpha value is -1.00. The van der Waals surface area contributed by atoms with Gasteiger partial charge in [-0.2, -0.15) is 0 Å². The summed E-state index contributed by atoms with van der Waals surface area (Å²) in [6.45, 7) is 5.34. The summed E-state index contributed by atoms with van der Waals surface area (Å²) in [7, 11) is 0. The van der Waals surface area contributed by atoms with Crippen LogP contribution in [0.25, 0.3) is 0 Å². The maximum absolute atomic E-state index is 11.5. The summed E-state index contributed by atoms with van der Waals surface area (Å²) < 4.78 is 0. The van der Waals surface area contributed by atoms with Crippen LogP contribution in [-0.2, 0) is 10.4 Å². The highest BCUT2D eigenvalue weighted by atomic mass is 32.2. The van der Waals surface area contributed by atoms with Crippen molar-refractivity contribution in [3.63, 3.8) is 0 Å². The molecule has 1 aromatic rings. The van der Waals surface area contributed by atoms with Gasteiger partial charge >= 0.3 is 0 Å². The van der Waals surface area contributed by atoms with Crippen molar-refractivity contribution in [1.29, 1.82) is 0 Å². The lowest BCUT2D eigenvalue weighted by Gasteiger charge is -2.24. The number of carbonyl (C=O) groups excluding carboxylic acids is 1. The monoisotopic (exact) mass is 237 g/mol. The first kappa shape index (κ1) is 11.5. The first-order chi connectivity index (χ1) is 7.38. The molecule has 2 rings (SSSR count). The van der Waals surface area contributed by atoms with Crippen molar-refractivity contribution in [3.8, 4) is 0 Å². The second-order valence-electron chi connectivity index (χ2n) is 4.52. The number of hydrogen-bond donors (Lipinski definition) is 2. The van der Waals surface area contributed by atoms with E-state index in [9.17, 15) is 9.90 Å². The van der Waals surface area contributed by atoms with Gasteiger partial charge in [-0.3, -0.25) is 4.79 Å². The van der Waals surface area contributed by atoms with Crippen LogP contribution in [0, 0.1) is 0 Å². The number of anilines is 1. The molecule has 0 saturated heterocycles. The van der Waals surface area contributed by atoms with E-state index in [1.54, 1.807) is 25.6 Å². The van der Waals surface area contributed by atoms with E-state index in [4.69, 9.17) is 0 Å². The molecule has 1 aliphatic heterocycles. The summed E-state index contributed by atoms with van der Waals surface area (Å²) in [6, 6.07) is 5.69. The Morgan fingerprint density at radius 3 is 2.75 bits per heavy atom. The minimum Gasteiger partial charge on any atom is -0.386 e. The molecule has 2 N–H and O–H groups in total. The van der Waals surface area contributed by atoms with Crippen molar-refractivity contribution in [3.05, 3.63) is 23.8 Å². The number of rotatable bonds is 1. The summed E-state index contributed by atoms with van der Waals surface area (Å²) in [6.07, 6.45) is 0. The van der Waals surface area contributed by atoms with Gasteiger partial charge < -0.3 is 10.4 Å². The molecule has 1 atom stereocenters. The van der Waals surface area contributed by atoms with Gasteiger partial charge in [0.25, 0.3) is 0 Å². The van der Waals surface area contributed by atoms with Crippen LogP contribution in [0.2, 0.25) is 0 Å². The van der Waals surface area contributed by atoms with E-state index in [0.29, 0.717) is 0 Å². The zero-order valence-corrected chi connectivity index (χ0v) is 10.4. The second kappa shape index (κ2) is 3.79. The standard InChI is InChI=1S/C12H15NO2S/c1-7-11(14)13-9-6-8(12(2,3)15)4-5-10(9)16-7/h4-7,15H,1-3H3,(H,13,14). The Kier molecular flexibility index (Phi) is 2.72. The predicted octanol–water partition coefficient (Wildman–Crippen LogP) is 2.35. The Balaban J connectivity index is 2.40. The number of hydrogen-bond acceptors (Lipinski definition) is 3. The third-order valence-electron chi connectivity index (χ3n) is 2.62. The number of benzene rings is 1. The highest BCUT2D eigenvalue weighted by Crippen LogP contribution is 2.37.